The van der Waals surface area contributed by atoms with E-state index in [2.05, 4.69) is 28.9 Å². The van der Waals surface area contributed by atoms with Crippen LogP contribution in [0.5, 0.6) is 11.5 Å². The van der Waals surface area contributed by atoms with Crippen molar-refractivity contribution < 1.29 is 14.4 Å². The second kappa shape index (κ2) is 6.62. The molecule has 1 aromatic carbocycles. The third kappa shape index (κ3) is 3.63. The van der Waals surface area contributed by atoms with E-state index in [1.54, 1.807) is 19.1 Å². The number of quaternary nitrogens is 1. The van der Waals surface area contributed by atoms with E-state index in [1.807, 2.05) is 6.07 Å². The SMILES string of the molecule is COc1cc(OC)c(C[NH+]2CCC(C)CC2)cc1Br. The van der Waals surface area contributed by atoms with Gasteiger partial charge in [-0.3, -0.25) is 0 Å². The van der Waals surface area contributed by atoms with Gasteiger partial charge in [-0.05, 0) is 40.8 Å². The van der Waals surface area contributed by atoms with E-state index in [-0.39, 0.29) is 0 Å². The second-order valence-electron chi connectivity index (χ2n) is 5.41. The third-order valence-electron chi connectivity index (χ3n) is 3.98. The number of nitrogens with one attached hydrogen (secondary N) is 1. The number of hydrogen-bond donors (Lipinski definition) is 1. The number of rotatable bonds is 4. The lowest BCUT2D eigenvalue weighted by Gasteiger charge is -2.28. The maximum absolute atomic E-state index is 5.49. The zero-order valence-corrected chi connectivity index (χ0v) is 13.5. The van der Waals surface area contributed by atoms with Crippen molar-refractivity contribution in [3.63, 3.8) is 0 Å². The molecule has 1 aliphatic heterocycles. The fourth-order valence-corrected chi connectivity index (χ4v) is 3.23. The minimum atomic E-state index is 0.822. The molecule has 106 valence electrons. The van der Waals surface area contributed by atoms with Crippen LogP contribution in [0.25, 0.3) is 0 Å². The van der Waals surface area contributed by atoms with E-state index in [0.717, 1.165) is 28.4 Å². The molecule has 2 rings (SSSR count). The van der Waals surface area contributed by atoms with Gasteiger partial charge in [-0.2, -0.15) is 0 Å². The smallest absolute Gasteiger partial charge is 0.136 e. The summed E-state index contributed by atoms with van der Waals surface area (Å²) < 4.78 is 11.8. The van der Waals surface area contributed by atoms with Gasteiger partial charge in [0, 0.05) is 11.6 Å². The molecule has 1 aliphatic rings. The lowest BCUT2D eigenvalue weighted by Crippen LogP contribution is -3.11. The number of piperidine rings is 1. The van der Waals surface area contributed by atoms with Crippen LogP contribution in [0.15, 0.2) is 16.6 Å². The first-order valence-electron chi connectivity index (χ1n) is 6.88. The molecule has 0 amide bonds. The lowest BCUT2D eigenvalue weighted by molar-refractivity contribution is -0.919. The Kier molecular flexibility index (Phi) is 5.11. The van der Waals surface area contributed by atoms with Crippen molar-refractivity contribution in [1.82, 2.24) is 0 Å². The maximum atomic E-state index is 5.49. The molecule has 1 aromatic rings. The normalized spacial score (nSPS) is 23.2. The average Bonchev–Trinajstić information content (AvgIpc) is 2.42. The first kappa shape index (κ1) is 14.7. The summed E-state index contributed by atoms with van der Waals surface area (Å²) in [5.74, 6) is 2.63. The van der Waals surface area contributed by atoms with Crippen molar-refractivity contribution in [3.8, 4) is 11.5 Å². The largest absolute Gasteiger partial charge is 0.496 e. The summed E-state index contributed by atoms with van der Waals surface area (Å²) in [6.45, 7) is 5.89. The highest BCUT2D eigenvalue weighted by Crippen LogP contribution is 2.32. The molecule has 1 heterocycles. The van der Waals surface area contributed by atoms with Crippen molar-refractivity contribution in [2.75, 3.05) is 27.3 Å². The van der Waals surface area contributed by atoms with Crippen LogP contribution in [-0.2, 0) is 6.54 Å². The van der Waals surface area contributed by atoms with Gasteiger partial charge in [0.15, 0.2) is 0 Å². The molecular formula is C15H23BrNO2+. The summed E-state index contributed by atoms with van der Waals surface area (Å²) in [6, 6.07) is 4.09. The average molecular weight is 329 g/mol. The first-order chi connectivity index (χ1) is 9.13. The summed E-state index contributed by atoms with van der Waals surface area (Å²) in [5, 5.41) is 0. The zero-order chi connectivity index (χ0) is 13.8. The van der Waals surface area contributed by atoms with Gasteiger partial charge in [0.25, 0.3) is 0 Å². The highest BCUT2D eigenvalue weighted by atomic mass is 79.9. The van der Waals surface area contributed by atoms with E-state index in [4.69, 9.17) is 9.47 Å². The predicted octanol–water partition coefficient (Wildman–Crippen LogP) is 2.28. The van der Waals surface area contributed by atoms with Gasteiger partial charge in [-0.1, -0.05) is 6.92 Å². The highest BCUT2D eigenvalue weighted by molar-refractivity contribution is 9.10. The number of likely N-dealkylation sites (tertiary alicyclic amines) is 1. The Morgan fingerprint density at radius 2 is 1.79 bits per heavy atom. The number of hydrogen-bond acceptors (Lipinski definition) is 2. The van der Waals surface area contributed by atoms with E-state index in [0.29, 0.717) is 0 Å². The minimum absolute atomic E-state index is 0.822. The highest BCUT2D eigenvalue weighted by Gasteiger charge is 2.21. The molecule has 19 heavy (non-hydrogen) atoms. The van der Waals surface area contributed by atoms with Gasteiger partial charge < -0.3 is 14.4 Å². The second-order valence-corrected chi connectivity index (χ2v) is 6.26. The molecule has 0 saturated carbocycles. The maximum Gasteiger partial charge on any atom is 0.136 e. The minimum Gasteiger partial charge on any atom is -0.496 e. The van der Waals surface area contributed by atoms with Crippen LogP contribution in [0, 0.1) is 5.92 Å². The van der Waals surface area contributed by atoms with Crippen LogP contribution < -0.4 is 14.4 Å². The predicted molar refractivity (Wildman–Crippen MR) is 80.0 cm³/mol. The van der Waals surface area contributed by atoms with E-state index in [9.17, 15) is 0 Å². The summed E-state index contributed by atoms with van der Waals surface area (Å²) in [5.41, 5.74) is 1.25. The van der Waals surface area contributed by atoms with Crippen LogP contribution in [0.2, 0.25) is 0 Å². The molecule has 0 atom stereocenters. The number of ether oxygens (including phenoxy) is 2. The molecule has 0 aromatic heterocycles. The Morgan fingerprint density at radius 1 is 1.16 bits per heavy atom. The molecule has 1 saturated heterocycles. The fourth-order valence-electron chi connectivity index (χ4n) is 2.68. The zero-order valence-electron chi connectivity index (χ0n) is 12.0. The van der Waals surface area contributed by atoms with Gasteiger partial charge in [0.1, 0.15) is 18.0 Å². The first-order valence-corrected chi connectivity index (χ1v) is 7.67. The molecule has 1 N–H and O–H groups in total. The molecule has 0 radical (unpaired) electrons. The molecule has 0 bridgehead atoms. The van der Waals surface area contributed by atoms with E-state index < -0.39 is 0 Å². The Hall–Kier alpha value is -0.740. The van der Waals surface area contributed by atoms with E-state index in [1.165, 1.54) is 31.5 Å². The van der Waals surface area contributed by atoms with Crippen LogP contribution in [0.1, 0.15) is 25.3 Å². The number of benzene rings is 1. The number of halogens is 1. The quantitative estimate of drug-likeness (QED) is 0.916. The Labute approximate surface area is 124 Å². The summed E-state index contributed by atoms with van der Waals surface area (Å²) in [6.07, 6.45) is 2.66. The van der Waals surface area contributed by atoms with E-state index >= 15 is 0 Å². The van der Waals surface area contributed by atoms with Gasteiger partial charge in [0.05, 0.1) is 31.8 Å². The molecule has 1 fully saturated rings. The molecular weight excluding hydrogens is 306 g/mol. The van der Waals surface area contributed by atoms with Gasteiger partial charge >= 0.3 is 0 Å². The molecule has 0 unspecified atom stereocenters. The summed E-state index contributed by atoms with van der Waals surface area (Å²) in [4.78, 5) is 1.65. The van der Waals surface area contributed by atoms with Crippen LogP contribution in [-0.4, -0.2) is 27.3 Å². The van der Waals surface area contributed by atoms with Crippen molar-refractivity contribution in [2.24, 2.45) is 5.92 Å². The summed E-state index contributed by atoms with van der Waals surface area (Å²) >= 11 is 3.56. The van der Waals surface area contributed by atoms with Crippen molar-refractivity contribution in [2.45, 2.75) is 26.3 Å². The monoisotopic (exact) mass is 328 g/mol. The Bertz CT molecular complexity index is 428. The Balaban J connectivity index is 2.13. The topological polar surface area (TPSA) is 22.9 Å². The van der Waals surface area contributed by atoms with Crippen molar-refractivity contribution in [3.05, 3.63) is 22.2 Å². The van der Waals surface area contributed by atoms with Gasteiger partial charge in [-0.15, -0.1) is 0 Å². The van der Waals surface area contributed by atoms with Crippen LogP contribution >= 0.6 is 15.9 Å². The fraction of sp³-hybridized carbons (Fsp3) is 0.600. The van der Waals surface area contributed by atoms with Gasteiger partial charge in [0.2, 0.25) is 0 Å². The molecule has 0 aliphatic carbocycles. The molecule has 0 spiro atoms. The summed E-state index contributed by atoms with van der Waals surface area (Å²) in [7, 11) is 3.40. The van der Waals surface area contributed by atoms with Crippen molar-refractivity contribution in [1.29, 1.82) is 0 Å². The van der Waals surface area contributed by atoms with Crippen molar-refractivity contribution >= 4 is 15.9 Å². The van der Waals surface area contributed by atoms with Crippen LogP contribution in [0.3, 0.4) is 0 Å². The standard InChI is InChI=1S/C15H22BrNO2/c1-11-4-6-17(7-5-11)10-12-8-13(16)15(19-3)9-14(12)18-2/h8-9,11H,4-7,10H2,1-3H3/p+1. The molecule has 3 nitrogen and oxygen atoms in total. The number of methoxy groups -OCH3 is 2. The Morgan fingerprint density at radius 3 is 2.37 bits per heavy atom. The lowest BCUT2D eigenvalue weighted by atomic mass is 9.99. The van der Waals surface area contributed by atoms with Gasteiger partial charge in [-0.25, -0.2) is 0 Å². The molecule has 4 heteroatoms. The third-order valence-corrected chi connectivity index (χ3v) is 4.60. The van der Waals surface area contributed by atoms with Crippen LogP contribution in [0.4, 0.5) is 0 Å².